The normalized spacial score (nSPS) is 16.8. The van der Waals surface area contributed by atoms with Gasteiger partial charge in [-0.2, -0.15) is 5.10 Å². The van der Waals surface area contributed by atoms with E-state index in [4.69, 9.17) is 0 Å². The summed E-state index contributed by atoms with van der Waals surface area (Å²) in [6.07, 6.45) is 7.25. The second-order valence-electron chi connectivity index (χ2n) is 4.73. The number of halogens is 1. The molecule has 3 rings (SSSR count). The Balaban J connectivity index is 1.80. The van der Waals surface area contributed by atoms with Crippen LogP contribution in [-0.4, -0.2) is 19.9 Å². The van der Waals surface area contributed by atoms with Crippen molar-refractivity contribution in [3.05, 3.63) is 46.5 Å². The van der Waals surface area contributed by atoms with Crippen LogP contribution in [0.15, 0.2) is 35.3 Å². The largest absolute Gasteiger partial charge is 0.383 e. The summed E-state index contributed by atoms with van der Waals surface area (Å²) in [6.45, 7) is 0.959. The van der Waals surface area contributed by atoms with Crippen molar-refractivity contribution in [1.82, 2.24) is 14.8 Å². The molecule has 0 amide bonds. The molecule has 1 fully saturated rings. The van der Waals surface area contributed by atoms with Gasteiger partial charge >= 0.3 is 0 Å². The van der Waals surface area contributed by atoms with Crippen LogP contribution in [0.1, 0.15) is 30.1 Å². The first-order valence-electron chi connectivity index (χ1n) is 6.05. The van der Waals surface area contributed by atoms with Crippen LogP contribution < -0.4 is 0 Å². The summed E-state index contributed by atoms with van der Waals surface area (Å²) < 4.78 is 2.59. The maximum atomic E-state index is 10.3. The highest BCUT2D eigenvalue weighted by molar-refractivity contribution is 9.10. The van der Waals surface area contributed by atoms with Crippen LogP contribution in [0.2, 0.25) is 0 Å². The Morgan fingerprint density at radius 1 is 1.50 bits per heavy atom. The van der Waals surface area contributed by atoms with Crippen molar-refractivity contribution in [2.75, 3.05) is 0 Å². The van der Waals surface area contributed by atoms with Crippen molar-refractivity contribution in [2.45, 2.75) is 25.5 Å². The van der Waals surface area contributed by atoms with E-state index >= 15 is 0 Å². The third-order valence-electron chi connectivity index (χ3n) is 3.19. The molecule has 0 bridgehead atoms. The number of hydrogen-bond acceptors (Lipinski definition) is 3. The van der Waals surface area contributed by atoms with Gasteiger partial charge in [0.25, 0.3) is 0 Å². The monoisotopic (exact) mass is 307 g/mol. The molecule has 2 aromatic rings. The first-order valence-corrected chi connectivity index (χ1v) is 6.84. The van der Waals surface area contributed by atoms with Crippen LogP contribution >= 0.6 is 15.9 Å². The Morgan fingerprint density at radius 2 is 2.33 bits per heavy atom. The lowest BCUT2D eigenvalue weighted by atomic mass is 10.1. The minimum atomic E-state index is -0.680. The summed E-state index contributed by atoms with van der Waals surface area (Å²) in [7, 11) is 0. The van der Waals surface area contributed by atoms with Crippen LogP contribution in [-0.2, 0) is 6.54 Å². The molecule has 1 aliphatic rings. The highest BCUT2D eigenvalue weighted by atomic mass is 79.9. The van der Waals surface area contributed by atoms with E-state index in [0.29, 0.717) is 4.60 Å². The van der Waals surface area contributed by atoms with Gasteiger partial charge in [0.2, 0.25) is 0 Å². The Labute approximate surface area is 114 Å². The van der Waals surface area contributed by atoms with E-state index in [0.717, 1.165) is 23.6 Å². The summed E-state index contributed by atoms with van der Waals surface area (Å²) in [6, 6.07) is 3.68. The number of pyridine rings is 1. The molecule has 0 aromatic carbocycles. The van der Waals surface area contributed by atoms with E-state index in [2.05, 4.69) is 26.0 Å². The zero-order valence-corrected chi connectivity index (χ0v) is 11.4. The third kappa shape index (κ3) is 2.47. The van der Waals surface area contributed by atoms with Crippen LogP contribution in [0.3, 0.4) is 0 Å². The fraction of sp³-hybridized carbons (Fsp3) is 0.385. The summed E-state index contributed by atoms with van der Waals surface area (Å²) in [5.74, 6) is 0.778. The molecule has 4 nitrogen and oxygen atoms in total. The number of aliphatic hydroxyl groups excluding tert-OH is 1. The van der Waals surface area contributed by atoms with Crippen molar-refractivity contribution in [3.63, 3.8) is 0 Å². The molecule has 1 aliphatic carbocycles. The molecule has 0 aliphatic heterocycles. The van der Waals surface area contributed by atoms with E-state index in [1.807, 2.05) is 23.0 Å². The topological polar surface area (TPSA) is 50.9 Å². The van der Waals surface area contributed by atoms with E-state index in [1.165, 1.54) is 12.8 Å². The van der Waals surface area contributed by atoms with E-state index in [-0.39, 0.29) is 0 Å². The molecular formula is C13H14BrN3O. The van der Waals surface area contributed by atoms with Crippen molar-refractivity contribution >= 4 is 15.9 Å². The van der Waals surface area contributed by atoms with Crippen molar-refractivity contribution in [2.24, 2.45) is 5.92 Å². The molecule has 1 unspecified atom stereocenters. The second-order valence-corrected chi connectivity index (χ2v) is 5.48. The second kappa shape index (κ2) is 4.82. The minimum Gasteiger partial charge on any atom is -0.383 e. The molecule has 18 heavy (non-hydrogen) atoms. The molecule has 0 saturated heterocycles. The van der Waals surface area contributed by atoms with Gasteiger partial charge < -0.3 is 5.11 Å². The molecule has 1 atom stereocenters. The van der Waals surface area contributed by atoms with Gasteiger partial charge in [-0.05, 0) is 40.8 Å². The number of aromatic nitrogens is 3. The Morgan fingerprint density at radius 3 is 3.06 bits per heavy atom. The Kier molecular flexibility index (Phi) is 3.18. The average molecular weight is 308 g/mol. The van der Waals surface area contributed by atoms with Crippen molar-refractivity contribution < 1.29 is 5.11 Å². The molecule has 1 N–H and O–H groups in total. The summed E-state index contributed by atoms with van der Waals surface area (Å²) in [5, 5.41) is 14.6. The highest BCUT2D eigenvalue weighted by Gasteiger charge is 2.23. The fourth-order valence-corrected chi connectivity index (χ4v) is 2.43. The lowest BCUT2D eigenvalue weighted by Crippen LogP contribution is -2.02. The molecule has 2 heterocycles. The molecule has 0 spiro atoms. The summed E-state index contributed by atoms with van der Waals surface area (Å²) in [5.41, 5.74) is 1.58. The van der Waals surface area contributed by atoms with Gasteiger partial charge in [0.05, 0.1) is 6.20 Å². The highest BCUT2D eigenvalue weighted by Crippen LogP contribution is 2.31. The number of aliphatic hydroxyl groups is 1. The number of hydrogen-bond donors (Lipinski definition) is 1. The smallest absolute Gasteiger partial charge is 0.112 e. The molecular weight excluding hydrogens is 294 g/mol. The van der Waals surface area contributed by atoms with E-state index < -0.39 is 6.10 Å². The van der Waals surface area contributed by atoms with E-state index in [9.17, 15) is 5.11 Å². The molecule has 1 saturated carbocycles. The molecule has 94 valence electrons. The van der Waals surface area contributed by atoms with Crippen LogP contribution in [0.25, 0.3) is 0 Å². The van der Waals surface area contributed by atoms with Crippen LogP contribution in [0, 0.1) is 5.92 Å². The van der Waals surface area contributed by atoms with Gasteiger partial charge in [-0.25, -0.2) is 4.98 Å². The quantitative estimate of drug-likeness (QED) is 0.883. The fourth-order valence-electron chi connectivity index (χ4n) is 1.97. The zero-order valence-electron chi connectivity index (χ0n) is 9.83. The SMILES string of the molecule is OC(c1cnn(CC2CC2)c1)c1cccnc1Br. The first kappa shape index (κ1) is 11.9. The van der Waals surface area contributed by atoms with E-state index in [1.54, 1.807) is 12.4 Å². The van der Waals surface area contributed by atoms with Crippen LogP contribution in [0.5, 0.6) is 0 Å². The van der Waals surface area contributed by atoms with Gasteiger partial charge in [-0.15, -0.1) is 0 Å². The van der Waals surface area contributed by atoms with Gasteiger partial charge in [-0.3, -0.25) is 4.68 Å². The van der Waals surface area contributed by atoms with Crippen LogP contribution in [0.4, 0.5) is 0 Å². The van der Waals surface area contributed by atoms with Gasteiger partial charge in [-0.1, -0.05) is 6.07 Å². The molecule has 0 radical (unpaired) electrons. The maximum Gasteiger partial charge on any atom is 0.112 e. The summed E-state index contributed by atoms with van der Waals surface area (Å²) >= 11 is 3.35. The number of rotatable bonds is 4. The lowest BCUT2D eigenvalue weighted by molar-refractivity contribution is 0.219. The zero-order chi connectivity index (χ0) is 12.5. The standard InChI is InChI=1S/C13H14BrN3O/c14-13-11(2-1-5-15-13)12(18)10-6-16-17(8-10)7-9-3-4-9/h1-2,5-6,8-9,12,18H,3-4,7H2. The van der Waals surface area contributed by atoms with Crippen molar-refractivity contribution in [1.29, 1.82) is 0 Å². The third-order valence-corrected chi connectivity index (χ3v) is 3.86. The Bertz CT molecular complexity index is 551. The summed E-state index contributed by atoms with van der Waals surface area (Å²) in [4.78, 5) is 4.12. The number of nitrogens with zero attached hydrogens (tertiary/aromatic N) is 3. The Hall–Kier alpha value is -1.20. The lowest BCUT2D eigenvalue weighted by Gasteiger charge is -2.09. The average Bonchev–Trinajstić information content (AvgIpc) is 3.05. The molecule has 2 aromatic heterocycles. The van der Waals surface area contributed by atoms with Gasteiger partial charge in [0.15, 0.2) is 0 Å². The maximum absolute atomic E-state index is 10.3. The predicted octanol–water partition coefficient (Wildman–Crippen LogP) is 2.53. The first-order chi connectivity index (χ1) is 8.74. The minimum absolute atomic E-state index is 0.674. The van der Waals surface area contributed by atoms with Gasteiger partial charge in [0.1, 0.15) is 10.7 Å². The predicted molar refractivity (Wildman–Crippen MR) is 70.9 cm³/mol. The molecule has 5 heteroatoms. The van der Waals surface area contributed by atoms with Gasteiger partial charge in [0, 0.05) is 30.1 Å². The van der Waals surface area contributed by atoms with Crippen molar-refractivity contribution in [3.8, 4) is 0 Å².